The van der Waals surface area contributed by atoms with Crippen LogP contribution in [0.25, 0.3) is 0 Å². The van der Waals surface area contributed by atoms with Gasteiger partial charge in [0.15, 0.2) is 11.5 Å². The highest BCUT2D eigenvalue weighted by molar-refractivity contribution is 7.92. The van der Waals surface area contributed by atoms with Gasteiger partial charge in [0.05, 0.1) is 24.8 Å². The molecule has 2 atom stereocenters. The van der Waals surface area contributed by atoms with Crippen molar-refractivity contribution >= 4 is 27.5 Å². The van der Waals surface area contributed by atoms with Gasteiger partial charge in [0.2, 0.25) is 11.8 Å². The second kappa shape index (κ2) is 14.9. The SMILES string of the molecule is CCC(C)NC(=O)C(CC)N(Cc1ccc(C)cc1)C(=O)CN(c1ccc(C)cc1)S(=O)(=O)c1ccc(OC)c(OC)c1. The predicted molar refractivity (Wildman–Crippen MR) is 169 cm³/mol. The lowest BCUT2D eigenvalue weighted by atomic mass is 10.1. The lowest BCUT2D eigenvalue weighted by molar-refractivity contribution is -0.140. The lowest BCUT2D eigenvalue weighted by Gasteiger charge is -2.33. The Hall–Kier alpha value is -4.05. The van der Waals surface area contributed by atoms with Gasteiger partial charge in [-0.15, -0.1) is 0 Å². The van der Waals surface area contributed by atoms with Crippen molar-refractivity contribution in [1.82, 2.24) is 10.2 Å². The van der Waals surface area contributed by atoms with Crippen LogP contribution in [0.5, 0.6) is 11.5 Å². The first kappa shape index (κ1) is 33.5. The summed E-state index contributed by atoms with van der Waals surface area (Å²) in [5.41, 5.74) is 3.15. The molecule has 0 fully saturated rings. The number of methoxy groups -OCH3 is 2. The van der Waals surface area contributed by atoms with E-state index in [0.717, 1.165) is 27.4 Å². The first-order valence-corrected chi connectivity index (χ1v) is 15.9. The zero-order chi connectivity index (χ0) is 31.7. The van der Waals surface area contributed by atoms with Crippen LogP contribution in [0.1, 0.15) is 50.3 Å². The van der Waals surface area contributed by atoms with E-state index in [-0.39, 0.29) is 29.1 Å². The fraction of sp³-hybridized carbons (Fsp3) is 0.394. The molecule has 232 valence electrons. The van der Waals surface area contributed by atoms with Gasteiger partial charge in [-0.1, -0.05) is 61.4 Å². The van der Waals surface area contributed by atoms with Crippen LogP contribution < -0.4 is 19.1 Å². The topological polar surface area (TPSA) is 105 Å². The average Bonchev–Trinajstić information content (AvgIpc) is 3.00. The van der Waals surface area contributed by atoms with Crippen molar-refractivity contribution in [2.45, 2.75) is 71.0 Å². The third-order valence-corrected chi connectivity index (χ3v) is 9.17. The first-order chi connectivity index (χ1) is 20.4. The molecule has 0 aliphatic carbocycles. The van der Waals surface area contributed by atoms with Gasteiger partial charge in [-0.25, -0.2) is 8.42 Å². The normalized spacial score (nSPS) is 12.6. The van der Waals surface area contributed by atoms with Gasteiger partial charge < -0.3 is 19.7 Å². The van der Waals surface area contributed by atoms with Crippen LogP contribution in [0.15, 0.2) is 71.6 Å². The van der Waals surface area contributed by atoms with Crippen LogP contribution in [-0.4, -0.2) is 58.0 Å². The molecule has 0 spiro atoms. The number of ether oxygens (including phenoxy) is 2. The van der Waals surface area contributed by atoms with Crippen LogP contribution in [0.4, 0.5) is 5.69 Å². The third kappa shape index (κ3) is 8.28. The number of carbonyl (C=O) groups excluding carboxylic acids is 2. The Morgan fingerprint density at radius 2 is 1.42 bits per heavy atom. The second-order valence-corrected chi connectivity index (χ2v) is 12.5. The van der Waals surface area contributed by atoms with Crippen molar-refractivity contribution in [2.75, 3.05) is 25.1 Å². The number of nitrogens with zero attached hydrogens (tertiary/aromatic N) is 2. The van der Waals surface area contributed by atoms with E-state index in [1.165, 1.54) is 37.3 Å². The highest BCUT2D eigenvalue weighted by Crippen LogP contribution is 2.32. The standard InChI is InChI=1S/C33H43N3O6S/c1-8-25(5)34-33(38)29(9-2)35(21-26-14-10-23(3)11-15-26)32(37)22-36(27-16-12-24(4)13-17-27)43(39,40)28-18-19-30(41-6)31(20-28)42-7/h10-20,25,29H,8-9,21-22H2,1-7H3,(H,34,38). The Kier molecular flexibility index (Phi) is 11.6. The Morgan fingerprint density at radius 1 is 0.837 bits per heavy atom. The fourth-order valence-corrected chi connectivity index (χ4v) is 6.02. The number of aryl methyl sites for hydroxylation is 2. The highest BCUT2D eigenvalue weighted by atomic mass is 32.2. The predicted octanol–water partition coefficient (Wildman–Crippen LogP) is 5.24. The fourth-order valence-electron chi connectivity index (χ4n) is 4.59. The maximum atomic E-state index is 14.2. The number of amides is 2. The summed E-state index contributed by atoms with van der Waals surface area (Å²) in [6.45, 7) is 9.22. The number of sulfonamides is 1. The molecule has 9 nitrogen and oxygen atoms in total. The molecular weight excluding hydrogens is 566 g/mol. The molecule has 3 aromatic carbocycles. The maximum absolute atomic E-state index is 14.2. The molecule has 0 saturated heterocycles. The van der Waals surface area contributed by atoms with Gasteiger partial charge >= 0.3 is 0 Å². The number of rotatable bonds is 14. The minimum atomic E-state index is -4.26. The summed E-state index contributed by atoms with van der Waals surface area (Å²) >= 11 is 0. The summed E-state index contributed by atoms with van der Waals surface area (Å²) in [6.07, 6.45) is 1.09. The minimum Gasteiger partial charge on any atom is -0.493 e. The van der Waals surface area contributed by atoms with Crippen molar-refractivity contribution in [3.8, 4) is 11.5 Å². The van der Waals surface area contributed by atoms with Gasteiger partial charge in [-0.2, -0.15) is 0 Å². The Morgan fingerprint density at radius 3 is 1.95 bits per heavy atom. The van der Waals surface area contributed by atoms with Gasteiger partial charge in [0.25, 0.3) is 10.0 Å². The van der Waals surface area contributed by atoms with Gasteiger partial charge in [0.1, 0.15) is 12.6 Å². The highest BCUT2D eigenvalue weighted by Gasteiger charge is 2.34. The van der Waals surface area contributed by atoms with Crippen molar-refractivity contribution in [1.29, 1.82) is 0 Å². The Labute approximate surface area is 255 Å². The van der Waals surface area contributed by atoms with E-state index >= 15 is 0 Å². The molecule has 0 heterocycles. The molecule has 10 heteroatoms. The molecule has 0 radical (unpaired) electrons. The van der Waals surface area contributed by atoms with Crippen LogP contribution in [-0.2, 0) is 26.2 Å². The van der Waals surface area contributed by atoms with Crippen LogP contribution >= 0.6 is 0 Å². The van der Waals surface area contributed by atoms with E-state index in [0.29, 0.717) is 17.9 Å². The molecule has 0 aromatic heterocycles. The van der Waals surface area contributed by atoms with Crippen molar-refractivity contribution < 1.29 is 27.5 Å². The van der Waals surface area contributed by atoms with E-state index in [4.69, 9.17) is 9.47 Å². The van der Waals surface area contributed by atoms with Crippen molar-refractivity contribution in [2.24, 2.45) is 0 Å². The van der Waals surface area contributed by atoms with Gasteiger partial charge in [-0.05, 0) is 63.4 Å². The second-order valence-electron chi connectivity index (χ2n) is 10.6. The van der Waals surface area contributed by atoms with Crippen molar-refractivity contribution in [3.05, 3.63) is 83.4 Å². The molecule has 1 N–H and O–H groups in total. The van der Waals surface area contributed by atoms with Gasteiger partial charge in [0, 0.05) is 18.7 Å². The van der Waals surface area contributed by atoms with E-state index in [1.54, 1.807) is 24.3 Å². The molecule has 0 bridgehead atoms. The largest absolute Gasteiger partial charge is 0.493 e. The summed E-state index contributed by atoms with van der Waals surface area (Å²) in [7, 11) is -1.37. The van der Waals surface area contributed by atoms with E-state index < -0.39 is 28.5 Å². The van der Waals surface area contributed by atoms with Crippen molar-refractivity contribution in [3.63, 3.8) is 0 Å². The van der Waals surface area contributed by atoms with Crippen LogP contribution in [0, 0.1) is 13.8 Å². The van der Waals surface area contributed by atoms with E-state index in [1.807, 2.05) is 58.9 Å². The molecule has 3 aromatic rings. The monoisotopic (exact) mass is 609 g/mol. The quantitative estimate of drug-likeness (QED) is 0.268. The van der Waals surface area contributed by atoms with Crippen LogP contribution in [0.2, 0.25) is 0 Å². The molecule has 0 aliphatic rings. The molecule has 2 unspecified atom stereocenters. The number of hydrogen-bond donors (Lipinski definition) is 1. The summed E-state index contributed by atoms with van der Waals surface area (Å²) in [6, 6.07) is 18.0. The average molecular weight is 610 g/mol. The minimum absolute atomic E-state index is 0.0647. The number of hydrogen-bond acceptors (Lipinski definition) is 6. The van der Waals surface area contributed by atoms with Crippen LogP contribution in [0.3, 0.4) is 0 Å². The number of carbonyl (C=O) groups is 2. The third-order valence-electron chi connectivity index (χ3n) is 7.40. The maximum Gasteiger partial charge on any atom is 0.264 e. The molecule has 0 aliphatic heterocycles. The van der Waals surface area contributed by atoms with Gasteiger partial charge in [-0.3, -0.25) is 13.9 Å². The zero-order valence-corrected chi connectivity index (χ0v) is 26.9. The first-order valence-electron chi connectivity index (χ1n) is 14.4. The molecule has 3 rings (SSSR count). The Balaban J connectivity index is 2.09. The van der Waals surface area contributed by atoms with E-state index in [9.17, 15) is 18.0 Å². The molecule has 43 heavy (non-hydrogen) atoms. The summed E-state index contributed by atoms with van der Waals surface area (Å²) in [4.78, 5) is 29.1. The number of benzene rings is 3. The molecule has 2 amide bonds. The van der Waals surface area contributed by atoms with E-state index in [2.05, 4.69) is 5.32 Å². The zero-order valence-electron chi connectivity index (χ0n) is 26.1. The summed E-state index contributed by atoms with van der Waals surface area (Å²) < 4.78 is 40.1. The molecule has 0 saturated carbocycles. The molecular formula is C33H43N3O6S. The number of anilines is 1. The Bertz CT molecular complexity index is 1490. The number of nitrogens with one attached hydrogen (secondary N) is 1. The summed E-state index contributed by atoms with van der Waals surface area (Å²) in [5, 5.41) is 2.99. The summed E-state index contributed by atoms with van der Waals surface area (Å²) in [5.74, 6) is -0.160. The smallest absolute Gasteiger partial charge is 0.264 e. The lowest BCUT2D eigenvalue weighted by Crippen LogP contribution is -2.53.